The molecule has 1 aromatic carbocycles. The number of rotatable bonds is 6. The highest BCUT2D eigenvalue weighted by molar-refractivity contribution is 6.32. The summed E-state index contributed by atoms with van der Waals surface area (Å²) in [5.41, 5.74) is 0.752. The average Bonchev–Trinajstić information content (AvgIpc) is 2.32. The Morgan fingerprint density at radius 2 is 1.94 bits per heavy atom. The fourth-order valence-corrected chi connectivity index (χ4v) is 1.89. The van der Waals surface area contributed by atoms with Gasteiger partial charge in [0, 0.05) is 0 Å². The number of aliphatic hydroxyl groups excluding tert-OH is 1. The highest BCUT2D eigenvalue weighted by Crippen LogP contribution is 2.39. The van der Waals surface area contributed by atoms with Gasteiger partial charge in [0.05, 0.1) is 23.8 Å². The van der Waals surface area contributed by atoms with Gasteiger partial charge in [-0.05, 0) is 44.9 Å². The number of benzene rings is 1. The van der Waals surface area contributed by atoms with Gasteiger partial charge in [-0.25, -0.2) is 0 Å². The highest BCUT2D eigenvalue weighted by atomic mass is 35.5. The van der Waals surface area contributed by atoms with Gasteiger partial charge in [0.1, 0.15) is 0 Å². The van der Waals surface area contributed by atoms with Crippen molar-refractivity contribution >= 4 is 11.6 Å². The fraction of sp³-hybridized carbons (Fsp3) is 0.571. The molecule has 0 aliphatic carbocycles. The molecule has 0 spiro atoms. The second kappa shape index (κ2) is 6.86. The van der Waals surface area contributed by atoms with Gasteiger partial charge in [-0.15, -0.1) is 0 Å². The lowest BCUT2D eigenvalue weighted by Crippen LogP contribution is -2.09. The standard InChI is InChI=1S/C14H21ClO3/c1-5-12(16)10-7-11(15)14(18-9(3)4)13(8-10)17-6-2/h7-9,12,16H,5-6H2,1-4H3. The van der Waals surface area contributed by atoms with E-state index in [4.69, 9.17) is 21.1 Å². The number of hydrogen-bond donors (Lipinski definition) is 1. The van der Waals surface area contributed by atoms with Gasteiger partial charge in [0.2, 0.25) is 0 Å². The highest BCUT2D eigenvalue weighted by Gasteiger charge is 2.16. The molecule has 4 heteroatoms. The normalized spacial score (nSPS) is 12.6. The van der Waals surface area contributed by atoms with Crippen LogP contribution in [0.15, 0.2) is 12.1 Å². The molecule has 0 saturated heterocycles. The molecule has 0 aliphatic heterocycles. The van der Waals surface area contributed by atoms with E-state index in [1.54, 1.807) is 12.1 Å². The van der Waals surface area contributed by atoms with Crippen LogP contribution in [0.1, 0.15) is 45.8 Å². The summed E-state index contributed by atoms with van der Waals surface area (Å²) in [6.45, 7) is 8.20. The predicted octanol–water partition coefficient (Wildman–Crippen LogP) is 3.97. The van der Waals surface area contributed by atoms with Crippen molar-refractivity contribution < 1.29 is 14.6 Å². The Bertz CT molecular complexity index is 391. The van der Waals surface area contributed by atoms with E-state index in [1.165, 1.54) is 0 Å². The van der Waals surface area contributed by atoms with Gasteiger partial charge in [-0.2, -0.15) is 0 Å². The van der Waals surface area contributed by atoms with E-state index in [0.29, 0.717) is 29.5 Å². The van der Waals surface area contributed by atoms with Gasteiger partial charge in [-0.1, -0.05) is 18.5 Å². The van der Waals surface area contributed by atoms with Gasteiger partial charge in [0.25, 0.3) is 0 Å². The molecule has 18 heavy (non-hydrogen) atoms. The van der Waals surface area contributed by atoms with E-state index < -0.39 is 6.10 Å². The second-order valence-electron chi connectivity index (χ2n) is 4.35. The minimum Gasteiger partial charge on any atom is -0.490 e. The van der Waals surface area contributed by atoms with Crippen molar-refractivity contribution in [3.05, 3.63) is 22.7 Å². The van der Waals surface area contributed by atoms with Crippen molar-refractivity contribution in [1.82, 2.24) is 0 Å². The third-order valence-electron chi connectivity index (χ3n) is 2.46. The molecule has 102 valence electrons. The first-order chi connectivity index (χ1) is 8.49. The monoisotopic (exact) mass is 272 g/mol. The topological polar surface area (TPSA) is 38.7 Å². The van der Waals surface area contributed by atoms with Gasteiger partial charge in [-0.3, -0.25) is 0 Å². The maximum Gasteiger partial charge on any atom is 0.180 e. The molecule has 0 saturated carbocycles. The second-order valence-corrected chi connectivity index (χ2v) is 4.76. The lowest BCUT2D eigenvalue weighted by molar-refractivity contribution is 0.172. The molecule has 1 N–H and O–H groups in total. The molecule has 1 unspecified atom stereocenters. The maximum absolute atomic E-state index is 9.86. The van der Waals surface area contributed by atoms with Crippen LogP contribution in [0.2, 0.25) is 5.02 Å². The third-order valence-corrected chi connectivity index (χ3v) is 2.74. The molecule has 0 bridgehead atoms. The van der Waals surface area contributed by atoms with E-state index in [0.717, 1.165) is 5.56 Å². The van der Waals surface area contributed by atoms with E-state index >= 15 is 0 Å². The molecule has 0 heterocycles. The van der Waals surface area contributed by atoms with E-state index in [2.05, 4.69) is 0 Å². The van der Waals surface area contributed by atoms with Crippen molar-refractivity contribution in [2.45, 2.75) is 46.3 Å². The van der Waals surface area contributed by atoms with Crippen LogP contribution in [0.5, 0.6) is 11.5 Å². The van der Waals surface area contributed by atoms with Gasteiger partial charge in [0.15, 0.2) is 11.5 Å². The van der Waals surface area contributed by atoms with Crippen molar-refractivity contribution in [2.75, 3.05) is 6.61 Å². The minimum atomic E-state index is -0.533. The Morgan fingerprint density at radius 3 is 2.44 bits per heavy atom. The summed E-state index contributed by atoms with van der Waals surface area (Å²) in [4.78, 5) is 0. The molecule has 0 aromatic heterocycles. The van der Waals surface area contributed by atoms with Crippen LogP contribution in [-0.2, 0) is 0 Å². The van der Waals surface area contributed by atoms with Crippen LogP contribution in [-0.4, -0.2) is 17.8 Å². The van der Waals surface area contributed by atoms with Crippen LogP contribution in [0.25, 0.3) is 0 Å². The first-order valence-electron chi connectivity index (χ1n) is 6.30. The Labute approximate surface area is 114 Å². The lowest BCUT2D eigenvalue weighted by atomic mass is 10.1. The van der Waals surface area contributed by atoms with Crippen LogP contribution in [0.4, 0.5) is 0 Å². The predicted molar refractivity (Wildman–Crippen MR) is 73.6 cm³/mol. The summed E-state index contributed by atoms with van der Waals surface area (Å²) in [5.74, 6) is 1.13. The molecule has 1 rings (SSSR count). The summed E-state index contributed by atoms with van der Waals surface area (Å²) < 4.78 is 11.2. The summed E-state index contributed by atoms with van der Waals surface area (Å²) >= 11 is 6.20. The van der Waals surface area contributed by atoms with Crippen LogP contribution < -0.4 is 9.47 Å². The van der Waals surface area contributed by atoms with Crippen molar-refractivity contribution in [3.8, 4) is 11.5 Å². The minimum absolute atomic E-state index is 0.0173. The quantitative estimate of drug-likeness (QED) is 0.852. The summed E-state index contributed by atoms with van der Waals surface area (Å²) in [6, 6.07) is 3.53. The van der Waals surface area contributed by atoms with Gasteiger partial charge < -0.3 is 14.6 Å². The van der Waals surface area contributed by atoms with Crippen LogP contribution >= 0.6 is 11.6 Å². The van der Waals surface area contributed by atoms with Crippen LogP contribution in [0.3, 0.4) is 0 Å². The van der Waals surface area contributed by atoms with Gasteiger partial charge >= 0.3 is 0 Å². The SMILES string of the molecule is CCOc1cc(C(O)CC)cc(Cl)c1OC(C)C. The Hall–Kier alpha value is -0.930. The molecule has 0 fully saturated rings. The number of aliphatic hydroxyl groups is 1. The average molecular weight is 273 g/mol. The smallest absolute Gasteiger partial charge is 0.180 e. The molecule has 1 atom stereocenters. The molecule has 3 nitrogen and oxygen atoms in total. The zero-order chi connectivity index (χ0) is 13.7. The summed E-state index contributed by atoms with van der Waals surface area (Å²) in [5, 5.41) is 10.3. The summed E-state index contributed by atoms with van der Waals surface area (Å²) in [7, 11) is 0. The summed E-state index contributed by atoms with van der Waals surface area (Å²) in [6.07, 6.45) is 0.116. The third kappa shape index (κ3) is 3.79. The molecule has 0 radical (unpaired) electrons. The number of halogens is 1. The molecule has 1 aromatic rings. The zero-order valence-corrected chi connectivity index (χ0v) is 12.1. The van der Waals surface area contributed by atoms with E-state index in [9.17, 15) is 5.11 Å². The molecular weight excluding hydrogens is 252 g/mol. The molecule has 0 aliphatic rings. The van der Waals surface area contributed by atoms with E-state index in [-0.39, 0.29) is 6.10 Å². The largest absolute Gasteiger partial charge is 0.490 e. The molecular formula is C14H21ClO3. The molecule has 0 amide bonds. The van der Waals surface area contributed by atoms with E-state index in [1.807, 2.05) is 27.7 Å². The maximum atomic E-state index is 9.86. The zero-order valence-electron chi connectivity index (χ0n) is 11.4. The Kier molecular flexibility index (Phi) is 5.76. The number of ether oxygens (including phenoxy) is 2. The first kappa shape index (κ1) is 15.1. The Balaban J connectivity index is 3.17. The van der Waals surface area contributed by atoms with Crippen LogP contribution in [0, 0.1) is 0 Å². The van der Waals surface area contributed by atoms with Crippen molar-refractivity contribution in [2.24, 2.45) is 0 Å². The van der Waals surface area contributed by atoms with Crippen molar-refractivity contribution in [3.63, 3.8) is 0 Å². The lowest BCUT2D eigenvalue weighted by Gasteiger charge is -2.18. The number of hydrogen-bond acceptors (Lipinski definition) is 3. The Morgan fingerprint density at radius 1 is 1.28 bits per heavy atom. The first-order valence-corrected chi connectivity index (χ1v) is 6.68. The van der Waals surface area contributed by atoms with Crippen molar-refractivity contribution in [1.29, 1.82) is 0 Å². The fourth-order valence-electron chi connectivity index (χ4n) is 1.63.